The Labute approximate surface area is 115 Å². The van der Waals surface area contributed by atoms with Gasteiger partial charge in [0.25, 0.3) is 0 Å². The average Bonchev–Trinajstić information content (AvgIpc) is 2.32. The molecule has 0 saturated carbocycles. The van der Waals surface area contributed by atoms with Gasteiger partial charge < -0.3 is 15.6 Å². The number of amides is 1. The van der Waals surface area contributed by atoms with E-state index in [1.807, 2.05) is 0 Å². The summed E-state index contributed by atoms with van der Waals surface area (Å²) in [7, 11) is 0. The summed E-state index contributed by atoms with van der Waals surface area (Å²) in [5.74, 6) is -0.918. The lowest BCUT2D eigenvalue weighted by Gasteiger charge is -2.14. The largest absolute Gasteiger partial charge is 0.481 e. The first-order valence-electron chi connectivity index (χ1n) is 6.04. The molecule has 1 aromatic rings. The molecule has 3 N–H and O–H groups in total. The van der Waals surface area contributed by atoms with E-state index in [4.69, 9.17) is 10.8 Å². The van der Waals surface area contributed by atoms with Crippen molar-refractivity contribution in [3.05, 3.63) is 27.4 Å². The fourth-order valence-corrected chi connectivity index (χ4v) is 1.93. The molecule has 0 aliphatic carbocycles. The van der Waals surface area contributed by atoms with Crippen molar-refractivity contribution in [3.8, 4) is 0 Å². The van der Waals surface area contributed by atoms with Crippen molar-refractivity contribution in [2.45, 2.75) is 33.2 Å². The first-order chi connectivity index (χ1) is 9.32. The van der Waals surface area contributed by atoms with Crippen LogP contribution in [0.2, 0.25) is 0 Å². The molecule has 0 bridgehead atoms. The van der Waals surface area contributed by atoms with Crippen LogP contribution >= 0.6 is 0 Å². The van der Waals surface area contributed by atoms with E-state index in [9.17, 15) is 14.4 Å². The summed E-state index contributed by atoms with van der Waals surface area (Å²) < 4.78 is 5.92. The van der Waals surface area contributed by atoms with Gasteiger partial charge in [-0.15, -0.1) is 0 Å². The number of nitrogens with zero attached hydrogens (tertiary/aromatic N) is 2. The maximum atomic E-state index is 11.8. The van der Waals surface area contributed by atoms with E-state index in [-0.39, 0.29) is 26.0 Å². The van der Waals surface area contributed by atoms with Gasteiger partial charge >= 0.3 is 17.8 Å². The second kappa shape index (κ2) is 6.69. The summed E-state index contributed by atoms with van der Waals surface area (Å²) in [5.41, 5.74) is 6.22. The maximum absolute atomic E-state index is 11.8. The topological polar surface area (TPSA) is 125 Å². The molecule has 1 heterocycles. The number of aryl methyl sites for hydroxylation is 1. The molecule has 1 aromatic heterocycles. The molecular weight excluding hydrogens is 266 g/mol. The minimum Gasteiger partial charge on any atom is -0.481 e. The molecule has 20 heavy (non-hydrogen) atoms. The van der Waals surface area contributed by atoms with E-state index >= 15 is 0 Å². The van der Waals surface area contributed by atoms with Crippen LogP contribution in [0, 0.1) is 13.8 Å². The van der Waals surface area contributed by atoms with Gasteiger partial charge in [0.2, 0.25) is 0 Å². The summed E-state index contributed by atoms with van der Waals surface area (Å²) in [5, 5.41) is 8.72. The van der Waals surface area contributed by atoms with Crippen molar-refractivity contribution in [2.24, 2.45) is 5.73 Å². The number of primary amides is 1. The number of rotatable bonds is 6. The quantitative estimate of drug-likeness (QED) is 0.755. The first kappa shape index (κ1) is 15.7. The number of nitrogens with two attached hydrogens (primary N) is 1. The zero-order valence-electron chi connectivity index (χ0n) is 11.4. The molecule has 1 amide bonds. The number of hydrogen-bond acceptors (Lipinski definition) is 5. The van der Waals surface area contributed by atoms with Gasteiger partial charge in [-0.1, -0.05) is 0 Å². The molecule has 0 atom stereocenters. The Morgan fingerprint density at radius 1 is 1.40 bits per heavy atom. The van der Waals surface area contributed by atoms with Crippen LogP contribution < -0.4 is 11.4 Å². The van der Waals surface area contributed by atoms with Gasteiger partial charge in [-0.25, -0.2) is 9.59 Å². The summed E-state index contributed by atoms with van der Waals surface area (Å²) in [6, 6.07) is 0. The fraction of sp³-hybridized carbons (Fsp3) is 0.500. The molecule has 8 heteroatoms. The van der Waals surface area contributed by atoms with E-state index in [2.05, 4.69) is 9.72 Å². The van der Waals surface area contributed by atoms with Crippen molar-refractivity contribution < 1.29 is 19.4 Å². The van der Waals surface area contributed by atoms with E-state index in [0.29, 0.717) is 17.0 Å². The normalized spacial score (nSPS) is 10.3. The summed E-state index contributed by atoms with van der Waals surface area (Å²) in [6.45, 7) is 3.45. The maximum Gasteiger partial charge on any atom is 0.404 e. The summed E-state index contributed by atoms with van der Waals surface area (Å²) in [6.07, 6.45) is -0.669. The zero-order valence-corrected chi connectivity index (χ0v) is 11.4. The van der Waals surface area contributed by atoms with E-state index in [1.54, 1.807) is 13.8 Å². The fourth-order valence-electron chi connectivity index (χ4n) is 1.93. The lowest BCUT2D eigenvalue weighted by atomic mass is 10.1. The number of carbonyl (C=O) groups excluding carboxylic acids is 1. The minimum atomic E-state index is -0.918. The van der Waals surface area contributed by atoms with Crippen molar-refractivity contribution in [1.29, 1.82) is 0 Å². The second-order valence-electron chi connectivity index (χ2n) is 4.26. The number of hydrogen-bond donors (Lipinski definition) is 2. The Bertz CT molecular complexity index is 579. The molecule has 0 radical (unpaired) electrons. The van der Waals surface area contributed by atoms with Crippen molar-refractivity contribution >= 4 is 12.1 Å². The first-order valence-corrected chi connectivity index (χ1v) is 6.04. The molecule has 0 aliphatic heterocycles. The lowest BCUT2D eigenvalue weighted by Crippen LogP contribution is -2.30. The van der Waals surface area contributed by atoms with Crippen molar-refractivity contribution in [2.75, 3.05) is 6.61 Å². The Balaban J connectivity index is 2.99. The highest BCUT2D eigenvalue weighted by Gasteiger charge is 2.12. The third kappa shape index (κ3) is 4.08. The SMILES string of the molecule is Cc1nc(=O)n(CCOC(N)=O)c(C)c1CCC(=O)O. The number of ether oxygens (including phenoxy) is 1. The zero-order chi connectivity index (χ0) is 15.3. The molecule has 110 valence electrons. The number of aromatic nitrogens is 2. The van der Waals surface area contributed by atoms with Gasteiger partial charge in [-0.3, -0.25) is 9.36 Å². The highest BCUT2D eigenvalue weighted by atomic mass is 16.5. The Morgan fingerprint density at radius 3 is 2.60 bits per heavy atom. The van der Waals surface area contributed by atoms with Crippen LogP contribution in [0.5, 0.6) is 0 Å². The van der Waals surface area contributed by atoms with Gasteiger partial charge in [0.05, 0.1) is 6.54 Å². The van der Waals surface area contributed by atoms with Gasteiger partial charge in [0.1, 0.15) is 6.61 Å². The van der Waals surface area contributed by atoms with Crippen molar-refractivity contribution in [1.82, 2.24) is 9.55 Å². The summed E-state index contributed by atoms with van der Waals surface area (Å²) in [4.78, 5) is 36.8. The third-order valence-corrected chi connectivity index (χ3v) is 2.92. The second-order valence-corrected chi connectivity index (χ2v) is 4.26. The van der Waals surface area contributed by atoms with Gasteiger partial charge in [0, 0.05) is 17.8 Å². The van der Waals surface area contributed by atoms with Gasteiger partial charge in [-0.2, -0.15) is 4.98 Å². The number of carboxylic acids is 1. The predicted molar refractivity (Wildman–Crippen MR) is 69.5 cm³/mol. The predicted octanol–water partition coefficient (Wildman–Crippen LogP) is -0.0274. The van der Waals surface area contributed by atoms with Crippen LogP contribution in [0.3, 0.4) is 0 Å². The molecule has 0 fully saturated rings. The van der Waals surface area contributed by atoms with Crippen LogP contribution in [0.25, 0.3) is 0 Å². The van der Waals surface area contributed by atoms with Crippen LogP contribution in [-0.4, -0.2) is 33.3 Å². The van der Waals surface area contributed by atoms with E-state index in [1.165, 1.54) is 4.57 Å². The number of aliphatic carboxylic acids is 1. The van der Waals surface area contributed by atoms with Crippen LogP contribution in [0.15, 0.2) is 4.79 Å². The molecule has 1 rings (SSSR count). The molecule has 0 spiro atoms. The van der Waals surface area contributed by atoms with Crippen LogP contribution in [-0.2, 0) is 22.5 Å². The lowest BCUT2D eigenvalue weighted by molar-refractivity contribution is -0.136. The summed E-state index contributed by atoms with van der Waals surface area (Å²) >= 11 is 0. The average molecular weight is 283 g/mol. The highest BCUT2D eigenvalue weighted by molar-refractivity contribution is 5.67. The number of carbonyl (C=O) groups is 2. The minimum absolute atomic E-state index is 0.0423. The van der Waals surface area contributed by atoms with Gasteiger partial charge in [-0.05, 0) is 25.8 Å². The molecule has 0 aromatic carbocycles. The molecular formula is C12H17N3O5. The van der Waals surface area contributed by atoms with Crippen molar-refractivity contribution in [3.63, 3.8) is 0 Å². The van der Waals surface area contributed by atoms with Crippen LogP contribution in [0.1, 0.15) is 23.4 Å². The molecule has 8 nitrogen and oxygen atoms in total. The van der Waals surface area contributed by atoms with Crippen LogP contribution in [0.4, 0.5) is 4.79 Å². The Hall–Kier alpha value is -2.38. The van der Waals surface area contributed by atoms with E-state index < -0.39 is 17.8 Å². The standard InChI is InChI=1S/C12H17N3O5/c1-7-9(3-4-10(16)17)8(2)15(12(19)14-7)5-6-20-11(13)18/h3-6H2,1-2H3,(H2,13,18)(H,16,17). The Kier molecular flexibility index (Phi) is 5.24. The van der Waals surface area contributed by atoms with Gasteiger partial charge in [0.15, 0.2) is 0 Å². The monoisotopic (exact) mass is 283 g/mol. The molecule has 0 saturated heterocycles. The highest BCUT2D eigenvalue weighted by Crippen LogP contribution is 2.12. The smallest absolute Gasteiger partial charge is 0.404 e. The third-order valence-electron chi connectivity index (χ3n) is 2.92. The van der Waals surface area contributed by atoms with E-state index in [0.717, 1.165) is 0 Å². The molecule has 0 aliphatic rings. The Morgan fingerprint density at radius 2 is 2.05 bits per heavy atom. The molecule has 0 unspecified atom stereocenters. The number of carboxylic acid groups (broad SMARTS) is 1.